The lowest BCUT2D eigenvalue weighted by atomic mass is 9.96. The Balaban J connectivity index is 0. The highest BCUT2D eigenvalue weighted by atomic mass is 16.2. The van der Waals surface area contributed by atoms with Crippen molar-refractivity contribution >= 4 is 17.5 Å². The molecule has 0 unspecified atom stereocenters. The molecule has 3 nitrogen and oxygen atoms in total. The second-order valence-electron chi connectivity index (χ2n) is 8.29. The third-order valence-corrected chi connectivity index (χ3v) is 5.07. The molecule has 0 aliphatic carbocycles. The van der Waals surface area contributed by atoms with Crippen molar-refractivity contribution in [3.8, 4) is 0 Å². The van der Waals surface area contributed by atoms with E-state index >= 15 is 0 Å². The van der Waals surface area contributed by atoms with Crippen LogP contribution < -0.4 is 4.90 Å². The van der Waals surface area contributed by atoms with E-state index in [1.165, 1.54) is 16.9 Å². The van der Waals surface area contributed by atoms with Crippen LogP contribution in [0.4, 0.5) is 5.69 Å². The number of nitrogens with zero attached hydrogens (tertiary/aromatic N) is 1. The molecule has 1 heterocycles. The van der Waals surface area contributed by atoms with Crippen molar-refractivity contribution in [1.82, 2.24) is 0 Å². The predicted octanol–water partition coefficient (Wildman–Crippen LogP) is 10.0. The van der Waals surface area contributed by atoms with Crippen molar-refractivity contribution < 1.29 is 9.59 Å². The van der Waals surface area contributed by atoms with E-state index < -0.39 is 0 Å². The molecular weight excluding hydrogens is 466 g/mol. The van der Waals surface area contributed by atoms with Gasteiger partial charge in [-0.2, -0.15) is 0 Å². The van der Waals surface area contributed by atoms with E-state index in [0.29, 0.717) is 11.3 Å². The number of hydrogen-bond donors (Lipinski definition) is 0. The molecule has 0 atom stereocenters. The van der Waals surface area contributed by atoms with Crippen molar-refractivity contribution in [1.29, 1.82) is 0 Å². The molecule has 3 aromatic rings. The van der Waals surface area contributed by atoms with Gasteiger partial charge in [0.25, 0.3) is 5.91 Å². The second kappa shape index (κ2) is 21.8. The fourth-order valence-electron chi connectivity index (χ4n) is 3.56. The van der Waals surface area contributed by atoms with Gasteiger partial charge in [-0.25, -0.2) is 4.90 Å². The average molecular weight is 520 g/mol. The number of imide groups is 1. The molecule has 3 aromatic carbocycles. The van der Waals surface area contributed by atoms with Crippen molar-refractivity contribution in [2.24, 2.45) is 5.92 Å². The Morgan fingerprint density at radius 3 is 1.68 bits per heavy atom. The molecular formula is C35H53NO2. The SMILES string of the molecule is CC.CC.CC.CC.CC(C)Cc1ccccc1.Cc1ccc(N2C(=O)Cc3ccc(C)cc3C2=O)cc1. The number of aryl methyl sites for hydroxylation is 2. The molecule has 0 aromatic heterocycles. The maximum absolute atomic E-state index is 12.6. The smallest absolute Gasteiger partial charge is 0.265 e. The van der Waals surface area contributed by atoms with Crippen molar-refractivity contribution in [3.05, 3.63) is 101 Å². The van der Waals surface area contributed by atoms with Crippen molar-refractivity contribution in [2.75, 3.05) is 4.90 Å². The molecule has 3 heteroatoms. The van der Waals surface area contributed by atoms with Crippen LogP contribution in [-0.2, 0) is 17.6 Å². The Kier molecular flexibility index (Phi) is 21.2. The van der Waals surface area contributed by atoms with Gasteiger partial charge in [0.1, 0.15) is 0 Å². The van der Waals surface area contributed by atoms with Crippen LogP contribution in [0.1, 0.15) is 102 Å². The lowest BCUT2D eigenvalue weighted by Gasteiger charge is -2.27. The molecule has 210 valence electrons. The summed E-state index contributed by atoms with van der Waals surface area (Å²) in [6.45, 7) is 24.4. The van der Waals surface area contributed by atoms with Gasteiger partial charge < -0.3 is 0 Å². The third-order valence-electron chi connectivity index (χ3n) is 5.07. The van der Waals surface area contributed by atoms with Gasteiger partial charge in [-0.3, -0.25) is 9.59 Å². The van der Waals surface area contributed by atoms with Crippen molar-refractivity contribution in [2.45, 2.75) is 95.9 Å². The standard InChI is InChI=1S/C17H15NO2.C10H14.4C2H6/c1-11-4-7-14(8-5-11)18-16(19)10-13-6-3-12(2)9-15(13)17(18)20;1-9(2)8-10-6-4-3-5-7-10;4*1-2/h3-9H,10H2,1-2H3;3-7,9H,8H2,1-2H3;4*1-2H3. The summed E-state index contributed by atoms with van der Waals surface area (Å²) in [6.07, 6.45) is 1.47. The van der Waals surface area contributed by atoms with Crippen LogP contribution in [0.25, 0.3) is 0 Å². The molecule has 1 aliphatic heterocycles. The predicted molar refractivity (Wildman–Crippen MR) is 168 cm³/mol. The summed E-state index contributed by atoms with van der Waals surface area (Å²) in [7, 11) is 0. The van der Waals surface area contributed by atoms with Gasteiger partial charge in [-0.05, 0) is 55.5 Å². The molecule has 1 aliphatic rings. The van der Waals surface area contributed by atoms with Crippen LogP contribution >= 0.6 is 0 Å². The van der Waals surface area contributed by atoms with E-state index in [0.717, 1.165) is 22.6 Å². The molecule has 0 bridgehead atoms. The Bertz CT molecular complexity index is 1020. The van der Waals surface area contributed by atoms with Gasteiger partial charge in [-0.1, -0.05) is 135 Å². The second-order valence-corrected chi connectivity index (χ2v) is 8.29. The summed E-state index contributed by atoms with van der Waals surface area (Å²) in [5.74, 6) is 0.362. The van der Waals surface area contributed by atoms with Crippen LogP contribution in [0.3, 0.4) is 0 Å². The zero-order valence-electron chi connectivity index (χ0n) is 26.2. The van der Waals surface area contributed by atoms with E-state index in [1.807, 2.05) is 112 Å². The van der Waals surface area contributed by atoms with E-state index in [1.54, 1.807) is 0 Å². The highest BCUT2D eigenvalue weighted by molar-refractivity contribution is 6.24. The first-order chi connectivity index (χ1) is 18.3. The summed E-state index contributed by atoms with van der Waals surface area (Å²) < 4.78 is 0. The maximum atomic E-state index is 12.6. The Morgan fingerprint density at radius 2 is 1.18 bits per heavy atom. The van der Waals surface area contributed by atoms with Crippen LogP contribution in [0.2, 0.25) is 0 Å². The van der Waals surface area contributed by atoms with E-state index in [4.69, 9.17) is 0 Å². The average Bonchev–Trinajstić information content (AvgIpc) is 2.95. The van der Waals surface area contributed by atoms with Gasteiger partial charge in [-0.15, -0.1) is 0 Å². The fourth-order valence-corrected chi connectivity index (χ4v) is 3.56. The number of benzene rings is 3. The molecule has 4 rings (SSSR count). The summed E-state index contributed by atoms with van der Waals surface area (Å²) in [4.78, 5) is 26.1. The number of carbonyl (C=O) groups excluding carboxylic acids is 2. The molecule has 0 saturated carbocycles. The van der Waals surface area contributed by atoms with Crippen molar-refractivity contribution in [3.63, 3.8) is 0 Å². The molecule has 0 radical (unpaired) electrons. The van der Waals surface area contributed by atoms with Gasteiger partial charge in [0.15, 0.2) is 0 Å². The Labute approximate surface area is 234 Å². The third kappa shape index (κ3) is 12.4. The minimum Gasteiger partial charge on any atom is -0.274 e. The number of anilines is 1. The topological polar surface area (TPSA) is 37.4 Å². The van der Waals surface area contributed by atoms with Gasteiger partial charge in [0.2, 0.25) is 5.91 Å². The van der Waals surface area contributed by atoms with Crippen LogP contribution in [0, 0.1) is 19.8 Å². The van der Waals surface area contributed by atoms with E-state index in [-0.39, 0.29) is 18.2 Å². The lowest BCUT2D eigenvalue weighted by Crippen LogP contribution is -2.42. The molecule has 0 fully saturated rings. The van der Waals surface area contributed by atoms with E-state index in [2.05, 4.69) is 44.2 Å². The monoisotopic (exact) mass is 519 g/mol. The first-order valence-corrected chi connectivity index (χ1v) is 14.4. The summed E-state index contributed by atoms with van der Waals surface area (Å²) in [5, 5.41) is 0. The van der Waals surface area contributed by atoms with Gasteiger partial charge in [0.05, 0.1) is 12.1 Å². The summed E-state index contributed by atoms with van der Waals surface area (Å²) in [5.41, 5.74) is 5.64. The van der Waals surface area contributed by atoms with Crippen LogP contribution in [-0.4, -0.2) is 11.8 Å². The first-order valence-electron chi connectivity index (χ1n) is 14.4. The molecule has 38 heavy (non-hydrogen) atoms. The fraction of sp³-hybridized carbons (Fsp3) is 0.429. The highest BCUT2D eigenvalue weighted by Gasteiger charge is 2.31. The number of amides is 2. The zero-order chi connectivity index (χ0) is 29.7. The lowest BCUT2D eigenvalue weighted by molar-refractivity contribution is -0.117. The minimum atomic E-state index is -0.233. The quantitative estimate of drug-likeness (QED) is 0.323. The molecule has 0 spiro atoms. The molecule has 0 N–H and O–H groups in total. The number of fused-ring (bicyclic) bond motifs is 1. The normalized spacial score (nSPS) is 10.9. The van der Waals surface area contributed by atoms with Gasteiger partial charge >= 0.3 is 0 Å². The van der Waals surface area contributed by atoms with E-state index in [9.17, 15) is 9.59 Å². The molecule has 0 saturated heterocycles. The Hall–Kier alpha value is -3.20. The maximum Gasteiger partial charge on any atom is 0.265 e. The number of hydrogen-bond acceptors (Lipinski definition) is 2. The minimum absolute atomic E-state index is 0.171. The zero-order valence-corrected chi connectivity index (χ0v) is 26.2. The van der Waals surface area contributed by atoms with Crippen LogP contribution in [0.15, 0.2) is 72.8 Å². The van der Waals surface area contributed by atoms with Crippen LogP contribution in [0.5, 0.6) is 0 Å². The van der Waals surface area contributed by atoms with Gasteiger partial charge in [0, 0.05) is 5.56 Å². The largest absolute Gasteiger partial charge is 0.274 e. The number of rotatable bonds is 3. The summed E-state index contributed by atoms with van der Waals surface area (Å²) >= 11 is 0. The molecule has 2 amide bonds. The Morgan fingerprint density at radius 1 is 0.684 bits per heavy atom. The highest BCUT2D eigenvalue weighted by Crippen LogP contribution is 2.26. The first kappa shape index (κ1) is 37.0. The number of carbonyl (C=O) groups is 2. The summed E-state index contributed by atoms with van der Waals surface area (Å²) in [6, 6.07) is 23.7.